The molecular formula is C22H37N. The van der Waals surface area contributed by atoms with Gasteiger partial charge < -0.3 is 5.32 Å². The van der Waals surface area contributed by atoms with Gasteiger partial charge in [0.05, 0.1) is 0 Å². The van der Waals surface area contributed by atoms with Crippen molar-refractivity contribution in [3.63, 3.8) is 0 Å². The Morgan fingerprint density at radius 3 is 2.48 bits per heavy atom. The van der Waals surface area contributed by atoms with Crippen LogP contribution in [0, 0.1) is 11.3 Å². The zero-order valence-corrected chi connectivity index (χ0v) is 16.0. The average molecular weight is 316 g/mol. The molecule has 0 bridgehead atoms. The number of allylic oxidation sites excluding steroid dienone is 6. The molecule has 23 heavy (non-hydrogen) atoms. The highest BCUT2D eigenvalue weighted by Crippen LogP contribution is 2.31. The van der Waals surface area contributed by atoms with E-state index < -0.39 is 0 Å². The van der Waals surface area contributed by atoms with Crippen molar-refractivity contribution in [2.75, 3.05) is 0 Å². The maximum atomic E-state index is 4.26. The molecule has 1 N–H and O–H groups in total. The van der Waals surface area contributed by atoms with E-state index in [1.807, 2.05) is 0 Å². The van der Waals surface area contributed by atoms with Crippen molar-refractivity contribution in [3.05, 3.63) is 48.7 Å². The van der Waals surface area contributed by atoms with Gasteiger partial charge in [0.25, 0.3) is 0 Å². The van der Waals surface area contributed by atoms with E-state index in [1.54, 1.807) is 0 Å². The highest BCUT2D eigenvalue weighted by Gasteiger charge is 2.29. The summed E-state index contributed by atoms with van der Waals surface area (Å²) in [4.78, 5) is 0. The van der Waals surface area contributed by atoms with Crippen LogP contribution in [0.2, 0.25) is 0 Å². The maximum Gasteiger partial charge on any atom is 0.0345 e. The Morgan fingerprint density at radius 2 is 1.96 bits per heavy atom. The Balaban J connectivity index is 2.65. The van der Waals surface area contributed by atoms with Crippen LogP contribution < -0.4 is 5.32 Å². The SMILES string of the molecule is C=CCC(CCC1=CCCC=C1)C(C)(C)NC(=C)CC(C)(C)C. The van der Waals surface area contributed by atoms with Gasteiger partial charge in [-0.3, -0.25) is 0 Å². The molecule has 0 spiro atoms. The summed E-state index contributed by atoms with van der Waals surface area (Å²) in [5.41, 5.74) is 2.95. The number of nitrogens with one attached hydrogen (secondary N) is 1. The summed E-state index contributed by atoms with van der Waals surface area (Å²) in [5.74, 6) is 0.563. The van der Waals surface area contributed by atoms with Crippen LogP contribution in [0.15, 0.2) is 48.7 Å². The molecule has 0 amide bonds. The van der Waals surface area contributed by atoms with Crippen molar-refractivity contribution < 1.29 is 0 Å². The van der Waals surface area contributed by atoms with Gasteiger partial charge in [0.2, 0.25) is 0 Å². The van der Waals surface area contributed by atoms with Gasteiger partial charge in [-0.2, -0.15) is 0 Å². The smallest absolute Gasteiger partial charge is 0.0345 e. The van der Waals surface area contributed by atoms with Crippen LogP contribution in [-0.4, -0.2) is 5.54 Å². The van der Waals surface area contributed by atoms with E-state index in [4.69, 9.17) is 0 Å². The minimum absolute atomic E-state index is 0.0372. The molecule has 1 aliphatic rings. The summed E-state index contributed by atoms with van der Waals surface area (Å²) in [6.45, 7) is 19.6. The monoisotopic (exact) mass is 315 g/mol. The topological polar surface area (TPSA) is 12.0 Å². The van der Waals surface area contributed by atoms with Gasteiger partial charge in [0, 0.05) is 11.2 Å². The molecule has 1 aliphatic carbocycles. The lowest BCUT2D eigenvalue weighted by molar-refractivity contribution is 0.249. The first kappa shape index (κ1) is 19.8. The van der Waals surface area contributed by atoms with E-state index >= 15 is 0 Å². The summed E-state index contributed by atoms with van der Waals surface area (Å²) in [5, 5.41) is 3.71. The van der Waals surface area contributed by atoms with Gasteiger partial charge >= 0.3 is 0 Å². The molecule has 1 unspecified atom stereocenters. The van der Waals surface area contributed by atoms with E-state index in [1.165, 1.54) is 24.8 Å². The highest BCUT2D eigenvalue weighted by atomic mass is 15.0. The lowest BCUT2D eigenvalue weighted by atomic mass is 9.79. The van der Waals surface area contributed by atoms with Crippen molar-refractivity contribution >= 4 is 0 Å². The molecule has 130 valence electrons. The fourth-order valence-electron chi connectivity index (χ4n) is 3.41. The molecule has 0 aliphatic heterocycles. The van der Waals surface area contributed by atoms with Gasteiger partial charge in [-0.1, -0.05) is 57.2 Å². The first-order valence-corrected chi connectivity index (χ1v) is 9.06. The molecule has 0 saturated heterocycles. The van der Waals surface area contributed by atoms with E-state index in [9.17, 15) is 0 Å². The van der Waals surface area contributed by atoms with Crippen molar-refractivity contribution in [2.45, 2.75) is 78.7 Å². The first-order valence-electron chi connectivity index (χ1n) is 9.06. The van der Waals surface area contributed by atoms with Gasteiger partial charge in [-0.15, -0.1) is 6.58 Å². The predicted octanol–water partition coefficient (Wildman–Crippen LogP) is 6.55. The van der Waals surface area contributed by atoms with Crippen molar-refractivity contribution in [3.8, 4) is 0 Å². The highest BCUT2D eigenvalue weighted by molar-refractivity contribution is 5.22. The Hall–Kier alpha value is -1.24. The van der Waals surface area contributed by atoms with Crippen LogP contribution in [0.1, 0.15) is 73.1 Å². The minimum Gasteiger partial charge on any atom is -0.384 e. The standard InChI is InChI=1S/C22H37N/c1-8-12-20(16-15-19-13-10-9-11-14-19)22(6,7)23-18(2)17-21(3,4)5/h8,10,13-14,20,23H,1-2,9,11-12,15-17H2,3-7H3. The normalized spacial score (nSPS) is 16.7. The van der Waals surface area contributed by atoms with Crippen molar-refractivity contribution in [1.82, 2.24) is 5.32 Å². The van der Waals surface area contributed by atoms with Crippen LogP contribution in [0.25, 0.3) is 0 Å². The molecule has 1 atom stereocenters. The van der Waals surface area contributed by atoms with Crippen LogP contribution in [0.5, 0.6) is 0 Å². The number of hydrogen-bond donors (Lipinski definition) is 1. The Morgan fingerprint density at radius 1 is 1.26 bits per heavy atom. The van der Waals surface area contributed by atoms with Gasteiger partial charge in [0.15, 0.2) is 0 Å². The summed E-state index contributed by atoms with van der Waals surface area (Å²) < 4.78 is 0. The summed E-state index contributed by atoms with van der Waals surface area (Å²) >= 11 is 0. The first-order chi connectivity index (χ1) is 10.6. The third-order valence-corrected chi connectivity index (χ3v) is 4.57. The third kappa shape index (κ3) is 7.72. The maximum absolute atomic E-state index is 4.26. The molecule has 1 rings (SSSR count). The minimum atomic E-state index is 0.0372. The fourth-order valence-corrected chi connectivity index (χ4v) is 3.41. The Kier molecular flexibility index (Phi) is 7.38. The van der Waals surface area contributed by atoms with E-state index in [-0.39, 0.29) is 11.0 Å². The molecule has 0 aromatic heterocycles. The quantitative estimate of drug-likeness (QED) is 0.475. The molecule has 0 heterocycles. The zero-order valence-electron chi connectivity index (χ0n) is 16.0. The van der Waals surface area contributed by atoms with Gasteiger partial charge in [0.1, 0.15) is 0 Å². The average Bonchev–Trinajstić information content (AvgIpc) is 2.41. The van der Waals surface area contributed by atoms with Crippen molar-refractivity contribution in [1.29, 1.82) is 0 Å². The van der Waals surface area contributed by atoms with Crippen LogP contribution >= 0.6 is 0 Å². The molecule has 1 heteroatoms. The number of hydrogen-bond acceptors (Lipinski definition) is 1. The summed E-state index contributed by atoms with van der Waals surface area (Å²) in [6.07, 6.45) is 15.8. The molecule has 0 saturated carbocycles. The largest absolute Gasteiger partial charge is 0.384 e. The lowest BCUT2D eigenvalue weighted by Gasteiger charge is -2.38. The third-order valence-electron chi connectivity index (χ3n) is 4.57. The Bertz CT molecular complexity index is 457. The predicted molar refractivity (Wildman–Crippen MR) is 104 cm³/mol. The molecule has 0 radical (unpaired) electrons. The van der Waals surface area contributed by atoms with E-state index in [2.05, 4.69) is 77.4 Å². The second-order valence-corrected chi connectivity index (χ2v) is 8.71. The summed E-state index contributed by atoms with van der Waals surface area (Å²) in [7, 11) is 0. The molecule has 0 fully saturated rings. The van der Waals surface area contributed by atoms with Crippen molar-refractivity contribution in [2.24, 2.45) is 11.3 Å². The second kappa shape index (κ2) is 8.57. The van der Waals surface area contributed by atoms with E-state index in [0.717, 1.165) is 25.0 Å². The second-order valence-electron chi connectivity index (χ2n) is 8.71. The van der Waals surface area contributed by atoms with Crippen LogP contribution in [0.3, 0.4) is 0 Å². The summed E-state index contributed by atoms with van der Waals surface area (Å²) in [6, 6.07) is 0. The fraction of sp³-hybridized carbons (Fsp3) is 0.636. The Labute approximate surface area is 144 Å². The zero-order chi connectivity index (χ0) is 17.5. The molecule has 1 nitrogen and oxygen atoms in total. The van der Waals surface area contributed by atoms with Gasteiger partial charge in [-0.25, -0.2) is 0 Å². The lowest BCUT2D eigenvalue weighted by Crippen LogP contribution is -2.45. The van der Waals surface area contributed by atoms with Gasteiger partial charge in [-0.05, 0) is 63.7 Å². The molecular weight excluding hydrogens is 278 g/mol. The van der Waals surface area contributed by atoms with Crippen LogP contribution in [0.4, 0.5) is 0 Å². The van der Waals surface area contributed by atoms with Crippen LogP contribution in [-0.2, 0) is 0 Å². The van der Waals surface area contributed by atoms with E-state index in [0.29, 0.717) is 5.92 Å². The molecule has 0 aromatic carbocycles. The number of rotatable bonds is 9. The molecule has 0 aromatic rings.